The van der Waals surface area contributed by atoms with Crippen molar-refractivity contribution in [3.8, 4) is 33.6 Å². The summed E-state index contributed by atoms with van der Waals surface area (Å²) in [7, 11) is 0. The Morgan fingerprint density at radius 3 is 1.01 bits per heavy atom. The van der Waals surface area contributed by atoms with Crippen molar-refractivity contribution in [3.63, 3.8) is 0 Å². The molecular formula is C68H38N4O4. The summed E-state index contributed by atoms with van der Waals surface area (Å²) < 4.78 is 30.6. The molecule has 0 amide bonds. The Morgan fingerprint density at radius 1 is 0.276 bits per heavy atom. The minimum Gasteiger partial charge on any atom is -0.456 e. The molecule has 0 bridgehead atoms. The first-order valence-corrected chi connectivity index (χ1v) is 25.4. The van der Waals surface area contributed by atoms with Gasteiger partial charge in [0.05, 0.1) is 44.2 Å². The summed E-state index contributed by atoms with van der Waals surface area (Å²) in [6.07, 6.45) is 2.79. The summed E-state index contributed by atoms with van der Waals surface area (Å²) in [5, 5.41) is 30.9. The molecule has 11 aromatic carbocycles. The maximum atomic E-state index is 9.25. The normalized spacial score (nSPS) is 12.3. The highest BCUT2D eigenvalue weighted by molar-refractivity contribution is 6.26. The number of para-hydroxylation sites is 4. The highest BCUT2D eigenvalue weighted by Gasteiger charge is 2.26. The van der Waals surface area contributed by atoms with Gasteiger partial charge in [0.2, 0.25) is 0 Å². The maximum Gasteiger partial charge on any atom is 0.145 e. The minimum atomic E-state index is 0.606. The number of nitrogens with one attached hydrogen (secondary N) is 2. The smallest absolute Gasteiger partial charge is 0.145 e. The zero-order chi connectivity index (χ0) is 49.9. The predicted octanol–water partition coefficient (Wildman–Crippen LogP) is 18.8. The zero-order valence-corrected chi connectivity index (χ0v) is 40.3. The van der Waals surface area contributed by atoms with Crippen LogP contribution in [0.15, 0.2) is 224 Å². The van der Waals surface area contributed by atoms with Gasteiger partial charge >= 0.3 is 0 Å². The van der Waals surface area contributed by atoms with Crippen LogP contribution in [0.4, 0.5) is 0 Å². The van der Waals surface area contributed by atoms with Gasteiger partial charge in [-0.2, -0.15) is 0 Å². The number of aromatic nitrogens is 2. The van der Waals surface area contributed by atoms with E-state index in [1.807, 2.05) is 72.8 Å². The van der Waals surface area contributed by atoms with Crippen molar-refractivity contribution in [2.75, 3.05) is 0 Å². The van der Waals surface area contributed by atoms with Gasteiger partial charge in [0.1, 0.15) is 44.7 Å². The molecule has 0 aliphatic carbocycles. The molecule has 76 heavy (non-hydrogen) atoms. The van der Waals surface area contributed by atoms with E-state index in [-0.39, 0.29) is 0 Å². The Bertz CT molecular complexity index is 5080. The molecule has 6 aromatic heterocycles. The molecule has 17 rings (SSSR count). The quantitative estimate of drug-likeness (QED) is 0.162. The second kappa shape index (κ2) is 15.1. The molecule has 0 unspecified atom stereocenters. The van der Waals surface area contributed by atoms with Crippen molar-refractivity contribution in [2.24, 2.45) is 0 Å². The summed E-state index contributed by atoms with van der Waals surface area (Å²) in [6, 6.07) is 71.6. The van der Waals surface area contributed by atoms with Crippen LogP contribution < -0.4 is 0 Å². The number of fused-ring (bicyclic) bond motifs is 20. The fourth-order valence-corrected chi connectivity index (χ4v) is 12.6. The molecule has 354 valence electrons. The maximum absolute atomic E-state index is 9.25. The molecule has 17 aromatic rings. The van der Waals surface area contributed by atoms with Crippen molar-refractivity contribution in [3.05, 3.63) is 217 Å². The fraction of sp³-hybridized carbons (Fsp3) is 0. The topological polar surface area (TPSA) is 110 Å². The predicted molar refractivity (Wildman–Crippen MR) is 311 cm³/mol. The molecule has 0 radical (unpaired) electrons. The molecule has 0 saturated heterocycles. The minimum absolute atomic E-state index is 0.606. The third kappa shape index (κ3) is 5.51. The molecule has 8 heteroatoms. The van der Waals surface area contributed by atoms with Crippen LogP contribution in [0.5, 0.6) is 0 Å². The summed E-state index contributed by atoms with van der Waals surface area (Å²) in [4.78, 5) is 0. The van der Waals surface area contributed by atoms with Gasteiger partial charge in [0, 0.05) is 77.4 Å². The second-order valence-electron chi connectivity index (χ2n) is 19.8. The van der Waals surface area contributed by atoms with Crippen LogP contribution in [0, 0.1) is 10.8 Å². The van der Waals surface area contributed by atoms with Crippen LogP contribution in [0.25, 0.3) is 165 Å². The number of hydrogen-bond acceptors (Lipinski definition) is 6. The van der Waals surface area contributed by atoms with E-state index in [4.69, 9.17) is 17.7 Å². The average Bonchev–Trinajstić information content (AvgIpc) is 4.52. The van der Waals surface area contributed by atoms with E-state index in [1.165, 1.54) is 12.4 Å². The van der Waals surface area contributed by atoms with Crippen molar-refractivity contribution in [1.82, 2.24) is 9.13 Å². The van der Waals surface area contributed by atoms with Crippen molar-refractivity contribution in [2.45, 2.75) is 0 Å². The van der Waals surface area contributed by atoms with E-state index >= 15 is 0 Å². The Labute approximate surface area is 430 Å². The molecule has 6 heterocycles. The molecule has 2 N–H and O–H groups in total. The first kappa shape index (κ1) is 41.1. The monoisotopic (exact) mass is 974 g/mol. The highest BCUT2D eigenvalue weighted by Crippen LogP contribution is 2.46. The highest BCUT2D eigenvalue weighted by atomic mass is 16.3. The largest absolute Gasteiger partial charge is 0.456 e. The van der Waals surface area contributed by atoms with Crippen molar-refractivity contribution < 1.29 is 17.7 Å². The van der Waals surface area contributed by atoms with Gasteiger partial charge in [-0.1, -0.05) is 97.1 Å². The number of nitrogens with zero attached hydrogens (tertiary/aromatic N) is 2. The van der Waals surface area contributed by atoms with E-state index in [2.05, 4.69) is 143 Å². The SMILES string of the molecule is N=Cc1c(-n2c3ccc(-c4ccc5oc6ccccc6c5c4)cc3c3c4oc5ccccc5c4ccc32)ccc(-n2c3ccc(-c4ccc5oc6ccccc6c5c4)cc3c3c4oc5ccccc5c4ccc32)c1C=N. The summed E-state index contributed by atoms with van der Waals surface area (Å²) in [6.45, 7) is 0. The van der Waals surface area contributed by atoms with Crippen LogP contribution in [-0.4, -0.2) is 21.6 Å². The Kier molecular flexibility index (Phi) is 8.14. The van der Waals surface area contributed by atoms with Crippen LogP contribution in [-0.2, 0) is 0 Å². The number of furan rings is 4. The van der Waals surface area contributed by atoms with Crippen LogP contribution in [0.3, 0.4) is 0 Å². The molecule has 8 nitrogen and oxygen atoms in total. The standard InChI is InChI=1S/C68H38N4O4/c69-35-51-52(36-70)56(72-54-24-18-38(40-20-30-64-48(32-40)44-12-4-6-14-60(44)74-64)34-50(54)66-58(72)26-22-46-42-10-2-8-16-62(42)76-68(46)66)28-27-55(51)71-53-23-17-37(39-19-29-63-47(31-39)43-11-3-5-13-59(43)73-63)33-49(53)65-57(71)25-21-45-41-9-1-7-15-61(41)75-67(45)65/h1-36,69-70H. The van der Waals surface area contributed by atoms with Crippen LogP contribution in [0.1, 0.15) is 11.1 Å². The summed E-state index contributed by atoms with van der Waals surface area (Å²) in [5.74, 6) is 0. The van der Waals surface area contributed by atoms with E-state index < -0.39 is 0 Å². The van der Waals surface area contributed by atoms with Crippen molar-refractivity contribution >= 4 is 144 Å². The summed E-state index contributed by atoms with van der Waals surface area (Å²) in [5.41, 5.74) is 17.4. The molecule has 0 spiro atoms. The summed E-state index contributed by atoms with van der Waals surface area (Å²) >= 11 is 0. The zero-order valence-electron chi connectivity index (χ0n) is 40.3. The number of benzene rings is 11. The molecule has 0 aliphatic rings. The second-order valence-corrected chi connectivity index (χ2v) is 19.8. The van der Waals surface area contributed by atoms with Crippen LogP contribution >= 0.6 is 0 Å². The van der Waals surface area contributed by atoms with Gasteiger partial charge in [0.25, 0.3) is 0 Å². The van der Waals surface area contributed by atoms with E-state index in [0.29, 0.717) is 11.1 Å². The lowest BCUT2D eigenvalue weighted by Crippen LogP contribution is -2.08. The molecule has 0 atom stereocenters. The molecular weight excluding hydrogens is 937 g/mol. The Morgan fingerprint density at radius 2 is 0.605 bits per heavy atom. The lowest BCUT2D eigenvalue weighted by molar-refractivity contribution is 0.668. The van der Waals surface area contributed by atoms with E-state index in [9.17, 15) is 10.8 Å². The number of rotatable bonds is 6. The van der Waals surface area contributed by atoms with Gasteiger partial charge in [-0.05, 0) is 131 Å². The van der Waals surface area contributed by atoms with Crippen molar-refractivity contribution in [1.29, 1.82) is 10.8 Å². The van der Waals surface area contributed by atoms with Gasteiger partial charge < -0.3 is 37.6 Å². The lowest BCUT2D eigenvalue weighted by Gasteiger charge is -2.18. The Balaban J connectivity index is 0.905. The lowest BCUT2D eigenvalue weighted by atomic mass is 10.00. The van der Waals surface area contributed by atoms with Gasteiger partial charge in [-0.25, -0.2) is 0 Å². The van der Waals surface area contributed by atoms with Gasteiger partial charge in [-0.3, -0.25) is 0 Å². The first-order chi connectivity index (χ1) is 37.6. The Hall–Kier alpha value is -10.4. The van der Waals surface area contributed by atoms with Crippen LogP contribution in [0.2, 0.25) is 0 Å². The number of hydrogen-bond donors (Lipinski definition) is 2. The third-order valence-corrected chi connectivity index (χ3v) is 16.0. The molecule has 0 fully saturated rings. The fourth-order valence-electron chi connectivity index (χ4n) is 12.6. The third-order valence-electron chi connectivity index (χ3n) is 16.0. The average molecular weight is 975 g/mol. The van der Waals surface area contributed by atoms with E-state index in [1.54, 1.807) is 0 Å². The van der Waals surface area contributed by atoms with E-state index in [0.717, 1.165) is 165 Å². The van der Waals surface area contributed by atoms with Gasteiger partial charge in [-0.15, -0.1) is 0 Å². The molecule has 0 aliphatic heterocycles. The first-order valence-electron chi connectivity index (χ1n) is 25.4. The molecule has 0 saturated carbocycles. The van der Waals surface area contributed by atoms with Gasteiger partial charge in [0.15, 0.2) is 0 Å².